The third-order valence-electron chi connectivity index (χ3n) is 2.75. The van der Waals surface area contributed by atoms with E-state index in [-0.39, 0.29) is 5.69 Å². The van der Waals surface area contributed by atoms with E-state index in [0.717, 1.165) is 12.0 Å². The van der Waals surface area contributed by atoms with Crippen molar-refractivity contribution >= 4 is 17.6 Å². The molecule has 0 saturated carbocycles. The number of hydrogen-bond acceptors (Lipinski definition) is 4. The molecule has 0 unspecified atom stereocenters. The lowest BCUT2D eigenvalue weighted by atomic mass is 10.0. The predicted octanol–water partition coefficient (Wildman–Crippen LogP) is 3.26. The van der Waals surface area contributed by atoms with Gasteiger partial charge in [-0.25, -0.2) is 4.79 Å². The van der Waals surface area contributed by atoms with Crippen molar-refractivity contribution in [1.29, 1.82) is 0 Å². The van der Waals surface area contributed by atoms with E-state index in [4.69, 9.17) is 26.0 Å². The Kier molecular flexibility index (Phi) is 3.76. The number of aryl methyl sites for hydroxylation is 1. The summed E-state index contributed by atoms with van der Waals surface area (Å²) < 4.78 is 10.2. The van der Waals surface area contributed by atoms with E-state index in [1.807, 2.05) is 6.92 Å². The first-order valence-corrected chi connectivity index (χ1v) is 6.01. The maximum Gasteiger partial charge on any atom is 0.358 e. The molecule has 0 atom stereocenters. The SMILES string of the molecule is CCc1cc(OC)c(Cl)cc1-c1cc(C(=O)O)no1. The van der Waals surface area contributed by atoms with Crippen LogP contribution in [-0.2, 0) is 6.42 Å². The van der Waals surface area contributed by atoms with Gasteiger partial charge < -0.3 is 14.4 Å². The molecule has 19 heavy (non-hydrogen) atoms. The molecule has 5 nitrogen and oxygen atoms in total. The molecule has 1 aromatic carbocycles. The van der Waals surface area contributed by atoms with Crippen molar-refractivity contribution in [3.05, 3.63) is 34.5 Å². The predicted molar refractivity (Wildman–Crippen MR) is 69.8 cm³/mol. The van der Waals surface area contributed by atoms with Crippen molar-refractivity contribution in [2.45, 2.75) is 13.3 Å². The molecule has 1 heterocycles. The van der Waals surface area contributed by atoms with Crippen LogP contribution in [-0.4, -0.2) is 23.3 Å². The molecule has 100 valence electrons. The van der Waals surface area contributed by atoms with E-state index in [1.165, 1.54) is 13.2 Å². The average molecular weight is 282 g/mol. The molecule has 0 fully saturated rings. The zero-order chi connectivity index (χ0) is 14.0. The van der Waals surface area contributed by atoms with Gasteiger partial charge in [-0.3, -0.25) is 0 Å². The number of carboxylic acids is 1. The average Bonchev–Trinajstić information content (AvgIpc) is 2.88. The monoisotopic (exact) mass is 281 g/mol. The van der Waals surface area contributed by atoms with Crippen molar-refractivity contribution < 1.29 is 19.2 Å². The second-order valence-electron chi connectivity index (χ2n) is 3.88. The molecule has 1 N–H and O–H groups in total. The lowest BCUT2D eigenvalue weighted by Gasteiger charge is -2.09. The molecule has 0 saturated heterocycles. The maximum atomic E-state index is 10.8. The first kappa shape index (κ1) is 13.4. The van der Waals surface area contributed by atoms with Crippen molar-refractivity contribution in [3.63, 3.8) is 0 Å². The molecular formula is C13H12ClNO4. The summed E-state index contributed by atoms with van der Waals surface area (Å²) in [5.74, 6) is -0.188. The van der Waals surface area contributed by atoms with Crippen LogP contribution < -0.4 is 4.74 Å². The molecule has 1 aromatic heterocycles. The van der Waals surface area contributed by atoms with Gasteiger partial charge in [0.15, 0.2) is 11.5 Å². The summed E-state index contributed by atoms with van der Waals surface area (Å²) in [5, 5.41) is 12.8. The number of aromatic nitrogens is 1. The number of nitrogens with zero attached hydrogens (tertiary/aromatic N) is 1. The molecule has 0 aliphatic carbocycles. The van der Waals surface area contributed by atoms with Gasteiger partial charge in [0.2, 0.25) is 0 Å². The van der Waals surface area contributed by atoms with Crippen molar-refractivity contribution in [2.75, 3.05) is 7.11 Å². The molecule has 0 amide bonds. The Labute approximate surface area is 114 Å². The van der Waals surface area contributed by atoms with E-state index in [0.29, 0.717) is 22.1 Å². The number of methoxy groups -OCH3 is 1. The fourth-order valence-electron chi connectivity index (χ4n) is 1.78. The van der Waals surface area contributed by atoms with E-state index >= 15 is 0 Å². The van der Waals surface area contributed by atoms with Crippen LogP contribution >= 0.6 is 11.6 Å². The second-order valence-corrected chi connectivity index (χ2v) is 4.29. The highest BCUT2D eigenvalue weighted by molar-refractivity contribution is 6.32. The highest BCUT2D eigenvalue weighted by atomic mass is 35.5. The Balaban J connectivity index is 2.53. The fraction of sp³-hybridized carbons (Fsp3) is 0.231. The molecule has 0 spiro atoms. The minimum atomic E-state index is -1.13. The van der Waals surface area contributed by atoms with Crippen LogP contribution in [0.2, 0.25) is 5.02 Å². The topological polar surface area (TPSA) is 72.6 Å². The third kappa shape index (κ3) is 2.56. The number of rotatable bonds is 4. The standard InChI is InChI=1S/C13H12ClNO4/c1-3-7-4-12(18-2)9(14)5-8(7)11-6-10(13(16)17)15-19-11/h4-6H,3H2,1-2H3,(H,16,17). The molecular weight excluding hydrogens is 270 g/mol. The second kappa shape index (κ2) is 5.32. The third-order valence-corrected chi connectivity index (χ3v) is 3.05. The number of aromatic carboxylic acids is 1. The lowest BCUT2D eigenvalue weighted by molar-refractivity contribution is 0.0686. The van der Waals surface area contributed by atoms with Crippen LogP contribution in [0, 0.1) is 0 Å². The summed E-state index contributed by atoms with van der Waals surface area (Å²) in [7, 11) is 1.54. The summed E-state index contributed by atoms with van der Waals surface area (Å²) in [6.45, 7) is 1.97. The molecule has 2 aromatic rings. The smallest absolute Gasteiger partial charge is 0.358 e. The Morgan fingerprint density at radius 3 is 2.74 bits per heavy atom. The number of halogens is 1. The molecule has 0 aliphatic rings. The van der Waals surface area contributed by atoms with Gasteiger partial charge >= 0.3 is 5.97 Å². The van der Waals surface area contributed by atoms with Crippen molar-refractivity contribution in [2.24, 2.45) is 0 Å². The van der Waals surface area contributed by atoms with Crippen LogP contribution in [0.5, 0.6) is 5.75 Å². The van der Waals surface area contributed by atoms with Crippen LogP contribution in [0.25, 0.3) is 11.3 Å². The molecule has 0 aliphatic heterocycles. The van der Waals surface area contributed by atoms with Crippen LogP contribution in [0.3, 0.4) is 0 Å². The first-order valence-electron chi connectivity index (χ1n) is 5.63. The molecule has 0 bridgehead atoms. The van der Waals surface area contributed by atoms with Crippen molar-refractivity contribution in [3.8, 4) is 17.1 Å². The summed E-state index contributed by atoms with van der Waals surface area (Å²) in [6.07, 6.45) is 0.728. The number of hydrogen-bond donors (Lipinski definition) is 1. The van der Waals surface area contributed by atoms with Gasteiger partial charge in [-0.15, -0.1) is 0 Å². The highest BCUT2D eigenvalue weighted by Gasteiger charge is 2.16. The number of carbonyl (C=O) groups is 1. The summed E-state index contributed by atoms with van der Waals surface area (Å²) >= 11 is 6.07. The van der Waals surface area contributed by atoms with Gasteiger partial charge in [0, 0.05) is 11.6 Å². The Hall–Kier alpha value is -2.01. The molecule has 0 radical (unpaired) electrons. The number of ether oxygens (including phenoxy) is 1. The lowest BCUT2D eigenvalue weighted by Crippen LogP contribution is -1.94. The zero-order valence-electron chi connectivity index (χ0n) is 10.4. The van der Waals surface area contributed by atoms with Crippen LogP contribution in [0.15, 0.2) is 22.7 Å². The largest absolute Gasteiger partial charge is 0.495 e. The minimum Gasteiger partial charge on any atom is -0.495 e. The Bertz CT molecular complexity index is 621. The summed E-state index contributed by atoms with van der Waals surface area (Å²) in [4.78, 5) is 10.8. The van der Waals surface area contributed by atoms with Gasteiger partial charge in [-0.05, 0) is 24.1 Å². The first-order chi connectivity index (χ1) is 9.06. The maximum absolute atomic E-state index is 10.8. The van der Waals surface area contributed by atoms with Crippen LogP contribution in [0.4, 0.5) is 0 Å². The minimum absolute atomic E-state index is 0.135. The summed E-state index contributed by atoms with van der Waals surface area (Å²) in [6, 6.07) is 4.87. The van der Waals surface area contributed by atoms with Gasteiger partial charge in [-0.1, -0.05) is 23.7 Å². The van der Waals surface area contributed by atoms with Gasteiger partial charge in [0.1, 0.15) is 5.75 Å². The summed E-state index contributed by atoms with van der Waals surface area (Å²) in [5.41, 5.74) is 1.52. The Morgan fingerprint density at radius 2 is 2.21 bits per heavy atom. The molecule has 6 heteroatoms. The van der Waals surface area contributed by atoms with E-state index < -0.39 is 5.97 Å². The Morgan fingerprint density at radius 1 is 1.47 bits per heavy atom. The van der Waals surface area contributed by atoms with E-state index in [2.05, 4.69) is 5.16 Å². The van der Waals surface area contributed by atoms with E-state index in [1.54, 1.807) is 12.1 Å². The normalized spacial score (nSPS) is 10.5. The molecule has 2 rings (SSSR count). The number of carboxylic acid groups (broad SMARTS) is 1. The number of benzene rings is 1. The fourth-order valence-corrected chi connectivity index (χ4v) is 2.02. The van der Waals surface area contributed by atoms with Gasteiger partial charge in [0.05, 0.1) is 12.1 Å². The van der Waals surface area contributed by atoms with E-state index in [9.17, 15) is 4.79 Å². The van der Waals surface area contributed by atoms with Gasteiger partial charge in [-0.2, -0.15) is 0 Å². The highest BCUT2D eigenvalue weighted by Crippen LogP contribution is 2.34. The van der Waals surface area contributed by atoms with Crippen LogP contribution in [0.1, 0.15) is 23.0 Å². The van der Waals surface area contributed by atoms with Crippen molar-refractivity contribution in [1.82, 2.24) is 5.16 Å². The van der Waals surface area contributed by atoms with Gasteiger partial charge in [0.25, 0.3) is 0 Å². The quantitative estimate of drug-likeness (QED) is 0.931. The zero-order valence-corrected chi connectivity index (χ0v) is 11.2.